The number of nitrogens with zero attached hydrogens (tertiary/aromatic N) is 1. The molecule has 0 aliphatic heterocycles. The first-order chi connectivity index (χ1) is 19.3. The fourth-order valence-electron chi connectivity index (χ4n) is 4.28. The van der Waals surface area contributed by atoms with Crippen LogP contribution in [-0.4, -0.2) is 76.6 Å². The van der Waals surface area contributed by atoms with E-state index in [0.29, 0.717) is 13.0 Å². The van der Waals surface area contributed by atoms with Crippen LogP contribution in [0.1, 0.15) is 123 Å². The van der Waals surface area contributed by atoms with Crippen molar-refractivity contribution in [2.75, 3.05) is 47.5 Å². The molecule has 236 valence electrons. The highest BCUT2D eigenvalue weighted by Crippen LogP contribution is 2.13. The van der Waals surface area contributed by atoms with Crippen LogP contribution in [0.4, 0.5) is 9.59 Å². The van der Waals surface area contributed by atoms with Gasteiger partial charge in [-0.1, -0.05) is 110 Å². The lowest BCUT2D eigenvalue weighted by Crippen LogP contribution is -2.38. The maximum Gasteiger partial charge on any atom is 0.413 e. The Bertz CT molecular complexity index is 632. The van der Waals surface area contributed by atoms with Gasteiger partial charge in [-0.2, -0.15) is 0 Å². The first-order valence-corrected chi connectivity index (χ1v) is 15.9. The molecule has 0 aliphatic carbocycles. The number of rotatable bonds is 26. The molecular formula is C31H61N3O6. The van der Waals surface area contributed by atoms with E-state index >= 15 is 0 Å². The molecule has 0 spiro atoms. The second-order valence-electron chi connectivity index (χ2n) is 11.3. The Morgan fingerprint density at radius 2 is 1.15 bits per heavy atom. The van der Waals surface area contributed by atoms with Crippen LogP contribution in [0.5, 0.6) is 0 Å². The molecule has 0 aliphatic rings. The van der Waals surface area contributed by atoms with E-state index < -0.39 is 18.3 Å². The molecule has 2 N–H and O–H groups in total. The number of methoxy groups -OCH3 is 1. The van der Waals surface area contributed by atoms with Crippen molar-refractivity contribution in [3.8, 4) is 0 Å². The van der Waals surface area contributed by atoms with Crippen LogP contribution in [0.2, 0.25) is 0 Å². The number of ether oxygens (including phenoxy) is 3. The van der Waals surface area contributed by atoms with Gasteiger partial charge in [0, 0.05) is 19.6 Å². The summed E-state index contributed by atoms with van der Waals surface area (Å²) in [5.74, 6) is -0.694. The van der Waals surface area contributed by atoms with E-state index in [4.69, 9.17) is 14.2 Å². The van der Waals surface area contributed by atoms with Crippen molar-refractivity contribution in [2.45, 2.75) is 129 Å². The van der Waals surface area contributed by atoms with Crippen LogP contribution < -0.4 is 10.6 Å². The minimum absolute atomic E-state index is 0.0538. The first kappa shape index (κ1) is 38.1. The van der Waals surface area contributed by atoms with E-state index in [1.165, 1.54) is 97.0 Å². The molecule has 0 aromatic rings. The average Bonchev–Trinajstić information content (AvgIpc) is 2.93. The topological polar surface area (TPSA) is 106 Å². The number of nitrogens with one attached hydrogen (secondary N) is 2. The van der Waals surface area contributed by atoms with Gasteiger partial charge < -0.3 is 24.4 Å². The van der Waals surface area contributed by atoms with E-state index in [1.54, 1.807) is 6.92 Å². The normalized spacial score (nSPS) is 12.7. The molecule has 0 heterocycles. The van der Waals surface area contributed by atoms with Gasteiger partial charge in [-0.15, -0.1) is 0 Å². The van der Waals surface area contributed by atoms with Gasteiger partial charge in [-0.3, -0.25) is 10.1 Å². The molecule has 3 amide bonds. The molecule has 0 saturated heterocycles. The third-order valence-electron chi connectivity index (χ3n) is 7.12. The van der Waals surface area contributed by atoms with Gasteiger partial charge in [-0.05, 0) is 33.5 Å². The molecule has 2 atom stereocenters. The summed E-state index contributed by atoms with van der Waals surface area (Å²) >= 11 is 0. The molecule has 0 aromatic heterocycles. The Labute approximate surface area is 244 Å². The fraction of sp³-hybridized carbons (Fsp3) is 0.903. The van der Waals surface area contributed by atoms with Crippen LogP contribution in [0, 0.1) is 5.92 Å². The Kier molecular flexibility index (Phi) is 26.0. The van der Waals surface area contributed by atoms with Crippen LogP contribution in [-0.2, 0) is 19.0 Å². The maximum absolute atomic E-state index is 12.1. The summed E-state index contributed by atoms with van der Waals surface area (Å²) in [6.07, 6.45) is 19.6. The molecule has 0 aromatic carbocycles. The minimum atomic E-state index is -0.836. The van der Waals surface area contributed by atoms with Gasteiger partial charge in [0.1, 0.15) is 19.3 Å². The molecule has 0 saturated carbocycles. The van der Waals surface area contributed by atoms with E-state index in [1.807, 2.05) is 19.0 Å². The molecule has 0 bridgehead atoms. The third kappa shape index (κ3) is 25.1. The Morgan fingerprint density at radius 1 is 0.700 bits per heavy atom. The van der Waals surface area contributed by atoms with Gasteiger partial charge in [0.25, 0.3) is 0 Å². The highest BCUT2D eigenvalue weighted by molar-refractivity contribution is 5.92. The van der Waals surface area contributed by atoms with Crippen molar-refractivity contribution in [1.29, 1.82) is 0 Å². The van der Waals surface area contributed by atoms with Gasteiger partial charge >= 0.3 is 12.2 Å². The van der Waals surface area contributed by atoms with Crippen molar-refractivity contribution in [2.24, 2.45) is 5.92 Å². The highest BCUT2D eigenvalue weighted by Gasteiger charge is 2.19. The number of alkyl carbamates (subject to hydrolysis) is 2. The number of carbonyl (C=O) groups is 3. The van der Waals surface area contributed by atoms with Gasteiger partial charge in [0.05, 0.1) is 0 Å². The smallest absolute Gasteiger partial charge is 0.413 e. The summed E-state index contributed by atoms with van der Waals surface area (Å²) in [6.45, 7) is 5.16. The Balaban J connectivity index is 3.64. The van der Waals surface area contributed by atoms with Crippen LogP contribution in [0.25, 0.3) is 0 Å². The molecular weight excluding hydrogens is 510 g/mol. The summed E-state index contributed by atoms with van der Waals surface area (Å²) in [7, 11) is 5.29. The van der Waals surface area contributed by atoms with Gasteiger partial charge in [0.2, 0.25) is 5.91 Å². The largest absolute Gasteiger partial charge is 0.447 e. The van der Waals surface area contributed by atoms with E-state index in [9.17, 15) is 14.4 Å². The second kappa shape index (κ2) is 27.3. The van der Waals surface area contributed by atoms with Crippen LogP contribution in [0.3, 0.4) is 0 Å². The molecule has 40 heavy (non-hydrogen) atoms. The molecule has 0 fully saturated rings. The van der Waals surface area contributed by atoms with Gasteiger partial charge in [0.15, 0.2) is 0 Å². The number of carbonyl (C=O) groups excluding carboxylic acids is 3. The summed E-state index contributed by atoms with van der Waals surface area (Å²) < 4.78 is 15.4. The molecule has 0 radical (unpaired) electrons. The molecule has 9 nitrogen and oxygen atoms in total. The molecule has 9 heteroatoms. The van der Waals surface area contributed by atoms with E-state index in [2.05, 4.69) is 17.6 Å². The van der Waals surface area contributed by atoms with Crippen molar-refractivity contribution >= 4 is 18.1 Å². The lowest BCUT2D eigenvalue weighted by atomic mass is 10.0. The zero-order valence-electron chi connectivity index (χ0n) is 26.4. The predicted octanol–water partition coefficient (Wildman–Crippen LogP) is 6.83. The van der Waals surface area contributed by atoms with E-state index in [-0.39, 0.29) is 25.0 Å². The minimum Gasteiger partial charge on any atom is -0.447 e. The van der Waals surface area contributed by atoms with Crippen molar-refractivity contribution < 1.29 is 28.6 Å². The number of imide groups is 1. The standard InChI is InChI=1S/C31H61N3O6/c1-6-7-8-9-10-11-12-13-14-15-16-17-18-19-20-21-23-32-30(36)39-25-28(38-5)26-40-31(37)33-29(35)27(2)22-24-34(3)4/h27-28H,6-26H2,1-5H3,(H,32,36)(H,33,35,37). The fourth-order valence-corrected chi connectivity index (χ4v) is 4.28. The Morgan fingerprint density at radius 3 is 1.60 bits per heavy atom. The molecule has 0 rings (SSSR count). The lowest BCUT2D eigenvalue weighted by Gasteiger charge is -2.17. The SMILES string of the molecule is CCCCCCCCCCCCCCCCCCNC(=O)OCC(COC(=O)NC(=O)C(C)CCN(C)C)OC. The Hall–Kier alpha value is -1.87. The number of hydrogen-bond acceptors (Lipinski definition) is 7. The maximum atomic E-state index is 12.1. The summed E-state index contributed by atoms with van der Waals surface area (Å²) in [5.41, 5.74) is 0. The monoisotopic (exact) mass is 571 g/mol. The predicted molar refractivity (Wildman–Crippen MR) is 162 cm³/mol. The van der Waals surface area contributed by atoms with Crippen molar-refractivity contribution in [3.05, 3.63) is 0 Å². The number of hydrogen-bond donors (Lipinski definition) is 2. The van der Waals surface area contributed by atoms with Crippen molar-refractivity contribution in [1.82, 2.24) is 15.5 Å². The zero-order chi connectivity index (χ0) is 29.8. The highest BCUT2D eigenvalue weighted by atomic mass is 16.6. The quantitative estimate of drug-likeness (QED) is 0.110. The molecule has 2 unspecified atom stereocenters. The van der Waals surface area contributed by atoms with E-state index in [0.717, 1.165) is 19.4 Å². The van der Waals surface area contributed by atoms with Gasteiger partial charge in [-0.25, -0.2) is 9.59 Å². The number of unbranched alkanes of at least 4 members (excludes halogenated alkanes) is 15. The third-order valence-corrected chi connectivity index (χ3v) is 7.12. The number of amides is 3. The van der Waals surface area contributed by atoms with Crippen molar-refractivity contribution in [3.63, 3.8) is 0 Å². The second-order valence-corrected chi connectivity index (χ2v) is 11.3. The average molecular weight is 572 g/mol. The summed E-state index contributed by atoms with van der Waals surface area (Å²) in [4.78, 5) is 37.9. The van der Waals surface area contributed by atoms with Crippen LogP contribution >= 0.6 is 0 Å². The summed E-state index contributed by atoms with van der Waals surface area (Å²) in [6, 6.07) is 0. The lowest BCUT2D eigenvalue weighted by molar-refractivity contribution is -0.124. The first-order valence-electron chi connectivity index (χ1n) is 15.9. The summed E-state index contributed by atoms with van der Waals surface area (Å²) in [5, 5.41) is 4.98. The zero-order valence-corrected chi connectivity index (χ0v) is 26.4. The van der Waals surface area contributed by atoms with Crippen LogP contribution in [0.15, 0.2) is 0 Å².